The Morgan fingerprint density at radius 1 is 1.21 bits per heavy atom. The second-order valence-electron chi connectivity index (χ2n) is 7.29. The number of thiocarbonyl (C=S) groups is 1. The van der Waals surface area contributed by atoms with Crippen LogP contribution in [0.15, 0.2) is 34.6 Å². The second-order valence-corrected chi connectivity index (χ2v) is 9.91. The molecule has 0 saturated carbocycles. The first-order chi connectivity index (χ1) is 15.7. The van der Waals surface area contributed by atoms with Crippen molar-refractivity contribution in [2.75, 3.05) is 6.54 Å². The van der Waals surface area contributed by atoms with E-state index in [0.29, 0.717) is 39.7 Å². The van der Waals surface area contributed by atoms with E-state index in [4.69, 9.17) is 17.3 Å². The molecule has 0 unspecified atom stereocenters. The van der Waals surface area contributed by atoms with Crippen LogP contribution in [0.1, 0.15) is 31.1 Å². The summed E-state index contributed by atoms with van der Waals surface area (Å²) in [4.78, 5) is 37.8. The van der Waals surface area contributed by atoms with E-state index in [9.17, 15) is 23.2 Å². The zero-order valence-electron chi connectivity index (χ0n) is 17.5. The summed E-state index contributed by atoms with van der Waals surface area (Å²) < 4.78 is 27.1. The number of carbonyl (C=O) groups excluding carboxylic acids is 2. The van der Waals surface area contributed by atoms with Crippen molar-refractivity contribution in [3.63, 3.8) is 0 Å². The van der Waals surface area contributed by atoms with E-state index in [1.54, 1.807) is 17.5 Å². The normalized spacial score (nSPS) is 15.8. The Bertz CT molecular complexity index is 1130. The number of thiophene rings is 1. The van der Waals surface area contributed by atoms with Crippen molar-refractivity contribution in [2.45, 2.75) is 32.2 Å². The number of aliphatic carboxylic acids is 1. The van der Waals surface area contributed by atoms with Crippen LogP contribution in [0, 0.1) is 11.6 Å². The average Bonchev–Trinajstić information content (AvgIpc) is 3.31. The van der Waals surface area contributed by atoms with Crippen LogP contribution in [0.4, 0.5) is 8.78 Å². The molecule has 0 aliphatic carbocycles. The fourth-order valence-electron chi connectivity index (χ4n) is 3.20. The van der Waals surface area contributed by atoms with Crippen LogP contribution >= 0.6 is 35.3 Å². The Kier molecular flexibility index (Phi) is 8.33. The van der Waals surface area contributed by atoms with Crippen molar-refractivity contribution in [2.24, 2.45) is 0 Å². The fourth-order valence-corrected chi connectivity index (χ4v) is 5.42. The Morgan fingerprint density at radius 3 is 2.64 bits per heavy atom. The summed E-state index contributed by atoms with van der Waals surface area (Å²) in [6.07, 6.45) is 2.99. The number of rotatable bonds is 9. The Balaban J connectivity index is 1.59. The number of hydrogen-bond donors (Lipinski definition) is 2. The summed E-state index contributed by atoms with van der Waals surface area (Å²) in [5, 5.41) is 13.3. The molecule has 0 spiro atoms. The number of thioether (sulfide) groups is 1. The molecule has 1 aromatic carbocycles. The van der Waals surface area contributed by atoms with E-state index >= 15 is 0 Å². The standard InChI is InChI=1S/C22H20F2N2O4S3/c1-12(27)25-18(21(29)30)4-2-3-7-26-20(28)19(33-22(26)31)10-15-8-14(11-32-15)13-5-6-16(23)17(24)9-13/h5-6,8-11,18H,2-4,7H2,1H3,(H,25,27)(H,29,30)/b19-10-/t18-/m0/s1. The molecule has 2 aromatic rings. The van der Waals surface area contributed by atoms with Gasteiger partial charge in [-0.1, -0.05) is 30.0 Å². The average molecular weight is 511 g/mol. The minimum atomic E-state index is -1.10. The fraction of sp³-hybridized carbons (Fsp3) is 0.273. The molecule has 0 bridgehead atoms. The van der Waals surface area contributed by atoms with Crippen molar-refractivity contribution in [1.82, 2.24) is 10.2 Å². The zero-order valence-corrected chi connectivity index (χ0v) is 19.9. The summed E-state index contributed by atoms with van der Waals surface area (Å²) in [5.74, 6) is -3.58. The van der Waals surface area contributed by atoms with Gasteiger partial charge in [0.25, 0.3) is 5.91 Å². The van der Waals surface area contributed by atoms with Gasteiger partial charge in [0.15, 0.2) is 11.6 Å². The maximum Gasteiger partial charge on any atom is 0.326 e. The van der Waals surface area contributed by atoms with Crippen LogP contribution in [0.25, 0.3) is 17.2 Å². The molecule has 1 fully saturated rings. The first kappa shape index (κ1) is 25.0. The molecule has 6 nitrogen and oxygen atoms in total. The molecule has 11 heteroatoms. The van der Waals surface area contributed by atoms with Crippen LogP contribution in [0.5, 0.6) is 0 Å². The Labute approximate surface area is 202 Å². The molecular weight excluding hydrogens is 490 g/mol. The van der Waals surface area contributed by atoms with Crippen molar-refractivity contribution < 1.29 is 28.3 Å². The highest BCUT2D eigenvalue weighted by atomic mass is 32.2. The van der Waals surface area contributed by atoms with Crippen LogP contribution < -0.4 is 5.32 Å². The number of benzene rings is 1. The zero-order chi connectivity index (χ0) is 24.1. The molecule has 1 aromatic heterocycles. The largest absolute Gasteiger partial charge is 0.480 e. The number of nitrogens with one attached hydrogen (secondary N) is 1. The SMILES string of the molecule is CC(=O)N[C@@H](CCCCN1C(=O)/C(=C/c2cc(-c3ccc(F)c(F)c3)cs2)SC1=S)C(=O)O. The summed E-state index contributed by atoms with van der Waals surface area (Å²) >= 11 is 7.87. The molecule has 174 valence electrons. The molecule has 1 atom stereocenters. The lowest BCUT2D eigenvalue weighted by molar-refractivity contribution is -0.141. The molecule has 33 heavy (non-hydrogen) atoms. The number of carbonyl (C=O) groups is 3. The summed E-state index contributed by atoms with van der Waals surface area (Å²) in [7, 11) is 0. The van der Waals surface area contributed by atoms with Gasteiger partial charge in [0.1, 0.15) is 10.4 Å². The molecule has 1 aliphatic rings. The molecule has 2 amide bonds. The third-order valence-electron chi connectivity index (χ3n) is 4.82. The maximum atomic E-state index is 13.5. The van der Waals surface area contributed by atoms with E-state index in [1.807, 2.05) is 0 Å². The summed E-state index contributed by atoms with van der Waals surface area (Å²) in [6, 6.07) is 4.52. The smallest absolute Gasteiger partial charge is 0.326 e. The molecule has 1 saturated heterocycles. The topological polar surface area (TPSA) is 86.7 Å². The maximum absolute atomic E-state index is 13.5. The number of halogens is 2. The van der Waals surface area contributed by atoms with Crippen LogP contribution in [0.3, 0.4) is 0 Å². The van der Waals surface area contributed by atoms with Gasteiger partial charge in [0.2, 0.25) is 5.91 Å². The quantitative estimate of drug-likeness (QED) is 0.290. The molecule has 3 rings (SSSR count). The Hall–Kier alpha value is -2.63. The van der Waals surface area contributed by atoms with E-state index in [1.165, 1.54) is 41.0 Å². The van der Waals surface area contributed by atoms with Crippen LogP contribution in [-0.4, -0.2) is 44.7 Å². The van der Waals surface area contributed by atoms with Gasteiger partial charge >= 0.3 is 5.97 Å². The number of unbranched alkanes of at least 4 members (excludes halogenated alkanes) is 1. The highest BCUT2D eigenvalue weighted by molar-refractivity contribution is 8.26. The van der Waals surface area contributed by atoms with E-state index < -0.39 is 29.6 Å². The molecular formula is C22H20F2N2O4S3. The molecule has 2 heterocycles. The summed E-state index contributed by atoms with van der Waals surface area (Å²) in [5.41, 5.74) is 1.25. The minimum Gasteiger partial charge on any atom is -0.480 e. The van der Waals surface area contributed by atoms with Gasteiger partial charge in [-0.3, -0.25) is 14.5 Å². The van der Waals surface area contributed by atoms with Gasteiger partial charge in [0.05, 0.1) is 4.91 Å². The number of carboxylic acid groups (broad SMARTS) is 1. The van der Waals surface area contributed by atoms with Gasteiger partial charge in [-0.05, 0) is 60.0 Å². The van der Waals surface area contributed by atoms with Gasteiger partial charge in [-0.2, -0.15) is 0 Å². The lowest BCUT2D eigenvalue weighted by Crippen LogP contribution is -2.39. The van der Waals surface area contributed by atoms with E-state index in [-0.39, 0.29) is 12.3 Å². The van der Waals surface area contributed by atoms with E-state index in [2.05, 4.69) is 5.32 Å². The summed E-state index contributed by atoms with van der Waals surface area (Å²) in [6.45, 7) is 1.61. The lowest BCUT2D eigenvalue weighted by Gasteiger charge is -2.16. The predicted molar refractivity (Wildman–Crippen MR) is 129 cm³/mol. The van der Waals surface area contributed by atoms with Gasteiger partial charge < -0.3 is 10.4 Å². The van der Waals surface area contributed by atoms with Crippen molar-refractivity contribution in [3.05, 3.63) is 51.1 Å². The first-order valence-electron chi connectivity index (χ1n) is 9.95. The monoisotopic (exact) mass is 510 g/mol. The molecule has 1 aliphatic heterocycles. The van der Waals surface area contributed by atoms with Crippen molar-refractivity contribution >= 4 is 63.5 Å². The van der Waals surface area contributed by atoms with Crippen LogP contribution in [0.2, 0.25) is 0 Å². The van der Waals surface area contributed by atoms with Crippen LogP contribution in [-0.2, 0) is 14.4 Å². The molecule has 2 N–H and O–H groups in total. The minimum absolute atomic E-state index is 0.232. The second kappa shape index (κ2) is 11.0. The predicted octanol–water partition coefficient (Wildman–Crippen LogP) is 4.65. The van der Waals surface area contributed by atoms with Crippen molar-refractivity contribution in [1.29, 1.82) is 0 Å². The molecule has 0 radical (unpaired) electrons. The highest BCUT2D eigenvalue weighted by Crippen LogP contribution is 2.35. The number of amides is 2. The van der Waals surface area contributed by atoms with Gasteiger partial charge in [0, 0.05) is 18.3 Å². The lowest BCUT2D eigenvalue weighted by atomic mass is 10.1. The highest BCUT2D eigenvalue weighted by Gasteiger charge is 2.31. The third-order valence-corrected chi connectivity index (χ3v) is 7.08. The Morgan fingerprint density at radius 2 is 1.97 bits per heavy atom. The first-order valence-corrected chi connectivity index (χ1v) is 12.1. The van der Waals surface area contributed by atoms with Gasteiger partial charge in [-0.25, -0.2) is 13.6 Å². The van der Waals surface area contributed by atoms with E-state index in [0.717, 1.165) is 17.0 Å². The van der Waals surface area contributed by atoms with Crippen molar-refractivity contribution in [3.8, 4) is 11.1 Å². The van der Waals surface area contributed by atoms with Gasteiger partial charge in [-0.15, -0.1) is 11.3 Å². The third kappa shape index (κ3) is 6.46. The number of hydrogen-bond acceptors (Lipinski definition) is 6. The number of nitrogens with zero attached hydrogens (tertiary/aromatic N) is 1. The number of carboxylic acids is 1.